The maximum absolute atomic E-state index is 12.2. The van der Waals surface area contributed by atoms with E-state index in [0.717, 1.165) is 4.31 Å². The van der Waals surface area contributed by atoms with E-state index in [0.29, 0.717) is 5.56 Å². The summed E-state index contributed by atoms with van der Waals surface area (Å²) in [5.41, 5.74) is 0.293. The number of hydrogen-bond acceptors (Lipinski definition) is 6. The van der Waals surface area contributed by atoms with Crippen LogP contribution in [0, 0.1) is 10.1 Å². The van der Waals surface area contributed by atoms with Crippen LogP contribution in [0.15, 0.2) is 24.3 Å². The van der Waals surface area contributed by atoms with Crippen LogP contribution < -0.4 is 0 Å². The van der Waals surface area contributed by atoms with Gasteiger partial charge in [0.05, 0.1) is 17.8 Å². The Balaban J connectivity index is 2.87. The zero-order chi connectivity index (χ0) is 16.0. The van der Waals surface area contributed by atoms with Crippen LogP contribution in [0.5, 0.6) is 0 Å². The van der Waals surface area contributed by atoms with Crippen molar-refractivity contribution in [1.82, 2.24) is 4.31 Å². The highest BCUT2D eigenvalue weighted by atomic mass is 32.2. The van der Waals surface area contributed by atoms with Gasteiger partial charge in [0.2, 0.25) is 10.0 Å². The fourth-order valence-electron chi connectivity index (χ4n) is 1.63. The molecule has 0 unspecified atom stereocenters. The number of hydrogen-bond donors (Lipinski definition) is 0. The number of carbonyl (C=O) groups is 1. The molecule has 9 heteroatoms. The largest absolute Gasteiger partial charge is 0.468 e. The van der Waals surface area contributed by atoms with E-state index >= 15 is 0 Å². The number of likely N-dealkylation sites (N-methyl/N-ethyl adjacent to an activating group) is 1. The third-order valence-corrected chi connectivity index (χ3v) is 4.65. The first-order valence-electron chi connectivity index (χ1n) is 6.08. The highest BCUT2D eigenvalue weighted by Crippen LogP contribution is 2.15. The Hall–Kier alpha value is -2.00. The number of methoxy groups -OCH3 is 1. The minimum atomic E-state index is -3.70. The summed E-state index contributed by atoms with van der Waals surface area (Å²) in [6.45, 7) is 1.38. The number of carbonyl (C=O) groups excluding carboxylic acids is 1. The van der Waals surface area contributed by atoms with Crippen molar-refractivity contribution in [3.8, 4) is 0 Å². The Morgan fingerprint density at radius 1 is 1.33 bits per heavy atom. The third-order valence-electron chi connectivity index (χ3n) is 2.78. The molecule has 1 rings (SSSR count). The zero-order valence-corrected chi connectivity index (χ0v) is 12.5. The van der Waals surface area contributed by atoms with E-state index < -0.39 is 20.9 Å². The van der Waals surface area contributed by atoms with Gasteiger partial charge in [-0.15, -0.1) is 0 Å². The Kier molecular flexibility index (Phi) is 5.79. The molecule has 0 spiro atoms. The van der Waals surface area contributed by atoms with E-state index in [1.165, 1.54) is 31.4 Å². The highest BCUT2D eigenvalue weighted by Gasteiger charge is 2.24. The fraction of sp³-hybridized carbons (Fsp3) is 0.417. The predicted molar refractivity (Wildman–Crippen MR) is 75.0 cm³/mol. The summed E-state index contributed by atoms with van der Waals surface area (Å²) in [6.07, 6.45) is 0. The first-order valence-corrected chi connectivity index (χ1v) is 7.69. The Bertz CT molecular complexity index is 611. The minimum Gasteiger partial charge on any atom is -0.468 e. The van der Waals surface area contributed by atoms with Crippen LogP contribution in [0.4, 0.5) is 5.69 Å². The van der Waals surface area contributed by atoms with Crippen molar-refractivity contribution in [3.63, 3.8) is 0 Å². The number of esters is 1. The van der Waals surface area contributed by atoms with Gasteiger partial charge in [0.15, 0.2) is 0 Å². The summed E-state index contributed by atoms with van der Waals surface area (Å²) in [4.78, 5) is 21.2. The maximum Gasteiger partial charge on any atom is 0.321 e. The molecule has 116 valence electrons. The summed E-state index contributed by atoms with van der Waals surface area (Å²) >= 11 is 0. The molecule has 0 N–H and O–H groups in total. The van der Waals surface area contributed by atoms with Gasteiger partial charge in [-0.1, -0.05) is 19.1 Å². The lowest BCUT2D eigenvalue weighted by Gasteiger charge is -2.19. The second-order valence-electron chi connectivity index (χ2n) is 4.18. The van der Waals surface area contributed by atoms with E-state index in [2.05, 4.69) is 4.74 Å². The van der Waals surface area contributed by atoms with Crippen LogP contribution in [0.1, 0.15) is 12.5 Å². The van der Waals surface area contributed by atoms with Crippen LogP contribution in [0.3, 0.4) is 0 Å². The number of non-ortho nitro benzene ring substituents is 1. The summed E-state index contributed by atoms with van der Waals surface area (Å²) in [7, 11) is -2.52. The molecular weight excluding hydrogens is 300 g/mol. The Labute approximate surface area is 122 Å². The Morgan fingerprint density at radius 2 is 1.90 bits per heavy atom. The monoisotopic (exact) mass is 316 g/mol. The number of nitro groups is 1. The molecule has 0 heterocycles. The second-order valence-corrected chi connectivity index (χ2v) is 6.15. The van der Waals surface area contributed by atoms with Crippen molar-refractivity contribution >= 4 is 21.7 Å². The van der Waals surface area contributed by atoms with Crippen molar-refractivity contribution in [2.75, 3.05) is 20.2 Å². The summed E-state index contributed by atoms with van der Waals surface area (Å²) < 4.78 is 29.8. The van der Waals surface area contributed by atoms with Gasteiger partial charge in [-0.2, -0.15) is 4.31 Å². The van der Waals surface area contributed by atoms with Crippen molar-refractivity contribution in [1.29, 1.82) is 0 Å². The number of nitro benzene ring substituents is 1. The van der Waals surface area contributed by atoms with Crippen molar-refractivity contribution in [2.45, 2.75) is 12.7 Å². The molecular formula is C12H16N2O6S. The predicted octanol–water partition coefficient (Wildman–Crippen LogP) is 0.920. The second kappa shape index (κ2) is 7.14. The molecule has 0 radical (unpaired) electrons. The first kappa shape index (κ1) is 17.1. The van der Waals surface area contributed by atoms with Crippen molar-refractivity contribution < 1.29 is 22.9 Å². The molecule has 21 heavy (non-hydrogen) atoms. The van der Waals surface area contributed by atoms with Gasteiger partial charge in [-0.3, -0.25) is 14.9 Å². The molecule has 0 aliphatic rings. The molecule has 0 bridgehead atoms. The number of benzene rings is 1. The van der Waals surface area contributed by atoms with Crippen LogP contribution >= 0.6 is 0 Å². The smallest absolute Gasteiger partial charge is 0.321 e. The van der Waals surface area contributed by atoms with Gasteiger partial charge < -0.3 is 4.74 Å². The normalized spacial score (nSPS) is 11.4. The van der Waals surface area contributed by atoms with Gasteiger partial charge in [-0.25, -0.2) is 8.42 Å². The summed E-state index contributed by atoms with van der Waals surface area (Å²) in [5, 5.41) is 10.5. The molecule has 0 fully saturated rings. The van der Waals surface area contributed by atoms with E-state index in [9.17, 15) is 23.3 Å². The SMILES string of the molecule is CCN(CC(=O)OC)S(=O)(=O)Cc1ccc([N+](=O)[O-])cc1. The van der Waals surface area contributed by atoms with Crippen LogP contribution in [-0.4, -0.2) is 43.8 Å². The van der Waals surface area contributed by atoms with E-state index in [4.69, 9.17) is 0 Å². The number of ether oxygens (including phenoxy) is 1. The quantitative estimate of drug-likeness (QED) is 0.420. The minimum absolute atomic E-state index is 0.113. The topological polar surface area (TPSA) is 107 Å². The average Bonchev–Trinajstić information content (AvgIpc) is 2.44. The standard InChI is InChI=1S/C12H16N2O6S/c1-3-13(8-12(15)20-2)21(18,19)9-10-4-6-11(7-5-10)14(16)17/h4-7H,3,8-9H2,1-2H3. The molecule has 0 amide bonds. The lowest BCUT2D eigenvalue weighted by atomic mass is 10.2. The number of nitrogens with zero attached hydrogens (tertiary/aromatic N) is 2. The summed E-state index contributed by atoms with van der Waals surface area (Å²) in [5.74, 6) is -0.986. The van der Waals surface area contributed by atoms with Gasteiger partial charge in [0.25, 0.3) is 5.69 Å². The Morgan fingerprint density at radius 3 is 2.33 bits per heavy atom. The highest BCUT2D eigenvalue weighted by molar-refractivity contribution is 7.88. The fourth-order valence-corrected chi connectivity index (χ4v) is 3.12. The van der Waals surface area contributed by atoms with E-state index in [1.807, 2.05) is 0 Å². The van der Waals surface area contributed by atoms with E-state index in [-0.39, 0.29) is 24.5 Å². The van der Waals surface area contributed by atoms with Gasteiger partial charge in [0.1, 0.15) is 6.54 Å². The lowest BCUT2D eigenvalue weighted by molar-refractivity contribution is -0.384. The zero-order valence-electron chi connectivity index (χ0n) is 11.7. The molecule has 1 aromatic carbocycles. The van der Waals surface area contributed by atoms with Crippen molar-refractivity contribution in [3.05, 3.63) is 39.9 Å². The molecule has 0 aliphatic heterocycles. The summed E-state index contributed by atoms with van der Waals surface area (Å²) in [6, 6.07) is 5.23. The maximum atomic E-state index is 12.2. The molecule has 1 aromatic rings. The molecule has 0 aromatic heterocycles. The van der Waals surface area contributed by atoms with Gasteiger partial charge >= 0.3 is 5.97 Å². The van der Waals surface area contributed by atoms with Crippen LogP contribution in [-0.2, 0) is 25.3 Å². The van der Waals surface area contributed by atoms with Crippen molar-refractivity contribution in [2.24, 2.45) is 0 Å². The van der Waals surface area contributed by atoms with E-state index in [1.54, 1.807) is 6.92 Å². The molecule has 0 saturated heterocycles. The number of sulfonamides is 1. The molecule has 0 saturated carbocycles. The molecule has 0 aliphatic carbocycles. The van der Waals surface area contributed by atoms with Crippen LogP contribution in [0.25, 0.3) is 0 Å². The lowest BCUT2D eigenvalue weighted by Crippen LogP contribution is -2.36. The first-order chi connectivity index (χ1) is 9.80. The number of rotatable bonds is 7. The van der Waals surface area contributed by atoms with Gasteiger partial charge in [-0.05, 0) is 5.56 Å². The third kappa shape index (κ3) is 4.80. The molecule has 8 nitrogen and oxygen atoms in total. The molecule has 0 atom stereocenters. The van der Waals surface area contributed by atoms with Gasteiger partial charge in [0, 0.05) is 18.7 Å². The van der Waals surface area contributed by atoms with Crippen LogP contribution in [0.2, 0.25) is 0 Å². The average molecular weight is 316 g/mol.